The Hall–Kier alpha value is -0.570. The van der Waals surface area contributed by atoms with Crippen molar-refractivity contribution in [3.8, 4) is 0 Å². The standard InChI is InChI=1S/C12H23NO2/c1-10(9-11(14)15)13-7-4-5-12(2,3)6-8-13/h10H,4-9H2,1-3H3,(H,14,15). The number of carboxylic acids is 1. The highest BCUT2D eigenvalue weighted by atomic mass is 16.4. The van der Waals surface area contributed by atoms with Crippen LogP contribution in [-0.2, 0) is 4.79 Å². The summed E-state index contributed by atoms with van der Waals surface area (Å²) in [5.74, 6) is -0.689. The third-order valence-electron chi connectivity index (χ3n) is 3.47. The molecule has 0 spiro atoms. The molecular formula is C12H23NO2. The fraction of sp³-hybridized carbons (Fsp3) is 0.917. The molecule has 1 saturated heterocycles. The Kier molecular flexibility index (Phi) is 4.14. The van der Waals surface area contributed by atoms with E-state index in [9.17, 15) is 4.79 Å². The van der Waals surface area contributed by atoms with Crippen LogP contribution in [0.15, 0.2) is 0 Å². The Labute approximate surface area is 92.5 Å². The number of nitrogens with zero attached hydrogens (tertiary/aromatic N) is 1. The van der Waals surface area contributed by atoms with Gasteiger partial charge < -0.3 is 10.0 Å². The molecule has 0 aliphatic carbocycles. The maximum atomic E-state index is 10.6. The molecule has 0 aromatic heterocycles. The number of likely N-dealkylation sites (tertiary alicyclic amines) is 1. The van der Waals surface area contributed by atoms with Crippen molar-refractivity contribution in [1.82, 2.24) is 4.90 Å². The molecule has 1 rings (SSSR count). The lowest BCUT2D eigenvalue weighted by molar-refractivity contribution is -0.138. The Morgan fingerprint density at radius 1 is 1.40 bits per heavy atom. The summed E-state index contributed by atoms with van der Waals surface area (Å²) in [4.78, 5) is 13.0. The molecule has 1 fully saturated rings. The van der Waals surface area contributed by atoms with Crippen molar-refractivity contribution in [2.24, 2.45) is 5.41 Å². The van der Waals surface area contributed by atoms with Crippen LogP contribution in [0.4, 0.5) is 0 Å². The van der Waals surface area contributed by atoms with E-state index >= 15 is 0 Å². The van der Waals surface area contributed by atoms with Gasteiger partial charge in [0.2, 0.25) is 0 Å². The van der Waals surface area contributed by atoms with Crippen LogP contribution in [0.5, 0.6) is 0 Å². The average molecular weight is 213 g/mol. The van der Waals surface area contributed by atoms with Crippen LogP contribution >= 0.6 is 0 Å². The van der Waals surface area contributed by atoms with Crippen LogP contribution in [0.2, 0.25) is 0 Å². The zero-order valence-electron chi connectivity index (χ0n) is 10.1. The van der Waals surface area contributed by atoms with E-state index < -0.39 is 5.97 Å². The highest BCUT2D eigenvalue weighted by Gasteiger charge is 2.25. The van der Waals surface area contributed by atoms with Crippen LogP contribution in [0.25, 0.3) is 0 Å². The number of aliphatic carboxylic acids is 1. The molecule has 1 heterocycles. The molecule has 3 heteroatoms. The number of hydrogen-bond acceptors (Lipinski definition) is 2. The average Bonchev–Trinajstić information content (AvgIpc) is 2.25. The predicted octanol–water partition coefficient (Wildman–Crippen LogP) is 2.36. The maximum Gasteiger partial charge on any atom is 0.304 e. The van der Waals surface area contributed by atoms with E-state index in [1.54, 1.807) is 0 Å². The molecule has 0 radical (unpaired) electrons. The van der Waals surface area contributed by atoms with E-state index in [1.165, 1.54) is 19.3 Å². The SMILES string of the molecule is CC(CC(=O)O)N1CCCC(C)(C)CC1. The second kappa shape index (κ2) is 4.97. The van der Waals surface area contributed by atoms with Gasteiger partial charge >= 0.3 is 5.97 Å². The predicted molar refractivity (Wildman–Crippen MR) is 60.9 cm³/mol. The first kappa shape index (κ1) is 12.5. The van der Waals surface area contributed by atoms with E-state index in [2.05, 4.69) is 18.7 Å². The lowest BCUT2D eigenvalue weighted by Crippen LogP contribution is -2.35. The van der Waals surface area contributed by atoms with Crippen LogP contribution in [0.3, 0.4) is 0 Å². The molecule has 0 aromatic carbocycles. The summed E-state index contributed by atoms with van der Waals surface area (Å²) in [6.45, 7) is 8.72. The summed E-state index contributed by atoms with van der Waals surface area (Å²) in [7, 11) is 0. The van der Waals surface area contributed by atoms with Gasteiger partial charge in [-0.2, -0.15) is 0 Å². The van der Waals surface area contributed by atoms with Gasteiger partial charge in [0.15, 0.2) is 0 Å². The second-order valence-electron chi connectivity index (χ2n) is 5.50. The molecule has 1 atom stereocenters. The summed E-state index contributed by atoms with van der Waals surface area (Å²) >= 11 is 0. The highest BCUT2D eigenvalue weighted by molar-refractivity contribution is 5.67. The van der Waals surface area contributed by atoms with E-state index in [-0.39, 0.29) is 12.5 Å². The van der Waals surface area contributed by atoms with Gasteiger partial charge in [0, 0.05) is 6.04 Å². The van der Waals surface area contributed by atoms with Gasteiger partial charge in [-0.15, -0.1) is 0 Å². The third kappa shape index (κ3) is 4.20. The zero-order valence-corrected chi connectivity index (χ0v) is 10.1. The van der Waals surface area contributed by atoms with Gasteiger partial charge in [-0.05, 0) is 44.7 Å². The minimum Gasteiger partial charge on any atom is -0.481 e. The van der Waals surface area contributed by atoms with Gasteiger partial charge in [-0.1, -0.05) is 13.8 Å². The lowest BCUT2D eigenvalue weighted by Gasteiger charge is -2.27. The van der Waals surface area contributed by atoms with Gasteiger partial charge in [0.05, 0.1) is 6.42 Å². The Bertz CT molecular complexity index is 226. The van der Waals surface area contributed by atoms with Crippen molar-refractivity contribution in [1.29, 1.82) is 0 Å². The maximum absolute atomic E-state index is 10.6. The molecule has 3 nitrogen and oxygen atoms in total. The van der Waals surface area contributed by atoms with Crippen molar-refractivity contribution in [2.75, 3.05) is 13.1 Å². The molecule has 0 aromatic rings. The normalized spacial score (nSPS) is 24.5. The summed E-state index contributed by atoms with van der Waals surface area (Å²) in [5.41, 5.74) is 0.428. The molecule has 88 valence electrons. The largest absolute Gasteiger partial charge is 0.481 e. The Morgan fingerprint density at radius 3 is 2.67 bits per heavy atom. The number of hydrogen-bond donors (Lipinski definition) is 1. The molecule has 1 N–H and O–H groups in total. The summed E-state index contributed by atoms with van der Waals surface area (Å²) in [5, 5.41) is 8.76. The second-order valence-corrected chi connectivity index (χ2v) is 5.50. The molecule has 0 amide bonds. The minimum absolute atomic E-state index is 0.177. The van der Waals surface area contributed by atoms with E-state index in [0.717, 1.165) is 13.1 Å². The minimum atomic E-state index is -0.689. The summed E-state index contributed by atoms with van der Waals surface area (Å²) in [6.07, 6.45) is 3.89. The molecule has 0 saturated carbocycles. The first-order valence-electron chi connectivity index (χ1n) is 5.86. The van der Waals surface area contributed by atoms with Crippen molar-refractivity contribution >= 4 is 5.97 Å². The molecule has 15 heavy (non-hydrogen) atoms. The van der Waals surface area contributed by atoms with Gasteiger partial charge in [-0.25, -0.2) is 0 Å². The van der Waals surface area contributed by atoms with Crippen LogP contribution in [-0.4, -0.2) is 35.1 Å². The first-order chi connectivity index (χ1) is 6.91. The van der Waals surface area contributed by atoms with Gasteiger partial charge in [-0.3, -0.25) is 4.79 Å². The number of rotatable bonds is 3. The monoisotopic (exact) mass is 213 g/mol. The smallest absolute Gasteiger partial charge is 0.304 e. The molecule has 1 aliphatic rings. The fourth-order valence-corrected chi connectivity index (χ4v) is 2.27. The van der Waals surface area contributed by atoms with Gasteiger partial charge in [0.25, 0.3) is 0 Å². The number of carbonyl (C=O) groups is 1. The quantitative estimate of drug-likeness (QED) is 0.782. The lowest BCUT2D eigenvalue weighted by atomic mass is 9.85. The molecule has 1 aliphatic heterocycles. The van der Waals surface area contributed by atoms with Crippen molar-refractivity contribution in [3.63, 3.8) is 0 Å². The van der Waals surface area contributed by atoms with Crippen LogP contribution in [0, 0.1) is 5.41 Å². The van der Waals surface area contributed by atoms with E-state index in [0.29, 0.717) is 5.41 Å². The topological polar surface area (TPSA) is 40.5 Å². The first-order valence-corrected chi connectivity index (χ1v) is 5.86. The highest BCUT2D eigenvalue weighted by Crippen LogP contribution is 2.30. The molecule has 0 bridgehead atoms. The zero-order chi connectivity index (χ0) is 11.5. The third-order valence-corrected chi connectivity index (χ3v) is 3.47. The number of carboxylic acid groups (broad SMARTS) is 1. The van der Waals surface area contributed by atoms with Crippen LogP contribution < -0.4 is 0 Å². The van der Waals surface area contributed by atoms with Crippen molar-refractivity contribution < 1.29 is 9.90 Å². The van der Waals surface area contributed by atoms with Gasteiger partial charge in [0.1, 0.15) is 0 Å². The molecular weight excluding hydrogens is 190 g/mol. The Balaban J connectivity index is 2.46. The van der Waals surface area contributed by atoms with E-state index in [4.69, 9.17) is 5.11 Å². The Morgan fingerprint density at radius 2 is 2.07 bits per heavy atom. The summed E-state index contributed by atoms with van der Waals surface area (Å²) in [6, 6.07) is 0.177. The summed E-state index contributed by atoms with van der Waals surface area (Å²) < 4.78 is 0. The molecule has 1 unspecified atom stereocenters. The van der Waals surface area contributed by atoms with E-state index in [1.807, 2.05) is 6.92 Å². The van der Waals surface area contributed by atoms with Crippen molar-refractivity contribution in [2.45, 2.75) is 52.5 Å². The fourth-order valence-electron chi connectivity index (χ4n) is 2.27. The van der Waals surface area contributed by atoms with Crippen molar-refractivity contribution in [3.05, 3.63) is 0 Å². The van der Waals surface area contributed by atoms with Crippen LogP contribution in [0.1, 0.15) is 46.5 Å².